The first-order chi connectivity index (χ1) is 19.9. The molecule has 1 aliphatic rings. The molecule has 9 nitrogen and oxygen atoms in total. The molecule has 0 atom stereocenters. The lowest BCUT2D eigenvalue weighted by Crippen LogP contribution is -2.49. The van der Waals surface area contributed by atoms with Crippen LogP contribution in [0.1, 0.15) is 21.6 Å². The number of anilines is 1. The molecule has 11 heteroatoms. The summed E-state index contributed by atoms with van der Waals surface area (Å²) in [5, 5.41) is 4.82. The Labute approximate surface area is 243 Å². The summed E-state index contributed by atoms with van der Waals surface area (Å²) in [5.74, 6) is -1.28. The molecular formula is C30H34FN5O4S. The SMILES string of the molecule is COCCN(CC(=O)Nc1nc(CC(=O)N2CCN(C/C=C/c3ccccc3)CC2)cs1)C(=O)c1ccc(F)cc1. The molecule has 0 spiro atoms. The first kappa shape index (κ1) is 30.0. The van der Waals surface area contributed by atoms with Gasteiger partial charge in [-0.2, -0.15) is 0 Å². The highest BCUT2D eigenvalue weighted by molar-refractivity contribution is 7.13. The van der Waals surface area contributed by atoms with E-state index in [1.807, 2.05) is 23.1 Å². The molecule has 2 heterocycles. The number of rotatable bonds is 12. The summed E-state index contributed by atoms with van der Waals surface area (Å²) in [4.78, 5) is 48.4. The van der Waals surface area contributed by atoms with Crippen LogP contribution in [0.2, 0.25) is 0 Å². The number of methoxy groups -OCH3 is 1. The number of hydrogen-bond donors (Lipinski definition) is 1. The van der Waals surface area contributed by atoms with E-state index < -0.39 is 17.6 Å². The van der Waals surface area contributed by atoms with Gasteiger partial charge < -0.3 is 19.9 Å². The summed E-state index contributed by atoms with van der Waals surface area (Å²) < 4.78 is 18.3. The van der Waals surface area contributed by atoms with Gasteiger partial charge in [-0.3, -0.25) is 19.3 Å². The quantitative estimate of drug-likeness (QED) is 0.354. The van der Waals surface area contributed by atoms with Crippen molar-refractivity contribution in [3.8, 4) is 0 Å². The molecule has 0 saturated carbocycles. The predicted molar refractivity (Wildman–Crippen MR) is 157 cm³/mol. The van der Waals surface area contributed by atoms with E-state index in [0.717, 1.165) is 19.6 Å². The van der Waals surface area contributed by atoms with Crippen molar-refractivity contribution in [1.82, 2.24) is 19.7 Å². The van der Waals surface area contributed by atoms with Crippen LogP contribution >= 0.6 is 11.3 Å². The molecule has 1 N–H and O–H groups in total. The van der Waals surface area contributed by atoms with Crippen LogP contribution in [0.15, 0.2) is 66.1 Å². The zero-order valence-corrected chi connectivity index (χ0v) is 23.8. The molecule has 3 aromatic rings. The van der Waals surface area contributed by atoms with Gasteiger partial charge in [-0.15, -0.1) is 11.3 Å². The van der Waals surface area contributed by atoms with Crippen LogP contribution in [-0.4, -0.2) is 96.9 Å². The number of carbonyl (C=O) groups excluding carboxylic acids is 3. The standard InChI is InChI=1S/C30H34FN5O4S/c1-40-19-18-36(29(39)24-9-11-25(31)12-10-24)21-27(37)33-30-32-26(22-41-30)20-28(38)35-16-14-34(15-17-35)13-5-8-23-6-3-2-4-7-23/h2-12,22H,13-21H2,1H3,(H,32,33,37)/b8-5+. The van der Waals surface area contributed by atoms with E-state index >= 15 is 0 Å². The minimum absolute atomic E-state index is 0.00305. The summed E-state index contributed by atoms with van der Waals surface area (Å²) in [6.45, 7) is 3.97. The minimum Gasteiger partial charge on any atom is -0.383 e. The van der Waals surface area contributed by atoms with Gasteiger partial charge in [-0.1, -0.05) is 42.5 Å². The highest BCUT2D eigenvalue weighted by Gasteiger charge is 2.22. The second kappa shape index (κ2) is 15.2. The van der Waals surface area contributed by atoms with Gasteiger partial charge >= 0.3 is 0 Å². The molecular weight excluding hydrogens is 545 g/mol. The number of piperazine rings is 1. The van der Waals surface area contributed by atoms with Crippen LogP contribution in [0, 0.1) is 5.82 Å². The second-order valence-corrected chi connectivity index (χ2v) is 10.4. The predicted octanol–water partition coefficient (Wildman–Crippen LogP) is 3.41. The Balaban J connectivity index is 1.23. The molecule has 41 heavy (non-hydrogen) atoms. The Hall–Kier alpha value is -3.93. The average molecular weight is 580 g/mol. The van der Waals surface area contributed by atoms with Crippen molar-refractivity contribution in [2.75, 3.05) is 64.8 Å². The summed E-state index contributed by atoms with van der Waals surface area (Å²) >= 11 is 1.23. The Morgan fingerprint density at radius 2 is 1.80 bits per heavy atom. The first-order valence-corrected chi connectivity index (χ1v) is 14.3. The third-order valence-corrected chi connectivity index (χ3v) is 7.41. The van der Waals surface area contributed by atoms with Gasteiger partial charge in [0.1, 0.15) is 12.4 Å². The van der Waals surface area contributed by atoms with Crippen LogP contribution in [0.25, 0.3) is 6.08 Å². The number of nitrogens with zero attached hydrogens (tertiary/aromatic N) is 4. The molecule has 1 aromatic heterocycles. The zero-order chi connectivity index (χ0) is 29.0. The number of nitrogens with one attached hydrogen (secondary N) is 1. The highest BCUT2D eigenvalue weighted by Crippen LogP contribution is 2.17. The van der Waals surface area contributed by atoms with Gasteiger partial charge in [0.15, 0.2) is 5.13 Å². The number of ether oxygens (including phenoxy) is 1. The lowest BCUT2D eigenvalue weighted by Gasteiger charge is -2.34. The Kier molecular flexibility index (Phi) is 11.1. The average Bonchev–Trinajstić information content (AvgIpc) is 3.42. The summed E-state index contributed by atoms with van der Waals surface area (Å²) in [6.07, 6.45) is 4.41. The molecule has 1 aliphatic heterocycles. The molecule has 3 amide bonds. The van der Waals surface area contributed by atoms with Gasteiger partial charge in [0.05, 0.1) is 18.7 Å². The minimum atomic E-state index is -0.449. The van der Waals surface area contributed by atoms with Crippen molar-refractivity contribution in [3.05, 3.63) is 88.7 Å². The van der Waals surface area contributed by atoms with Crippen LogP contribution in [0.3, 0.4) is 0 Å². The summed E-state index contributed by atoms with van der Waals surface area (Å²) in [6, 6.07) is 15.3. The van der Waals surface area contributed by atoms with E-state index in [4.69, 9.17) is 4.74 Å². The first-order valence-electron chi connectivity index (χ1n) is 13.4. The van der Waals surface area contributed by atoms with Crippen LogP contribution in [0.5, 0.6) is 0 Å². The van der Waals surface area contributed by atoms with Gasteiger partial charge in [-0.05, 0) is 29.8 Å². The largest absolute Gasteiger partial charge is 0.383 e. The lowest BCUT2D eigenvalue weighted by atomic mass is 10.2. The van der Waals surface area contributed by atoms with Gasteiger partial charge in [0, 0.05) is 57.3 Å². The fraction of sp³-hybridized carbons (Fsp3) is 0.333. The van der Waals surface area contributed by atoms with Crippen molar-refractivity contribution < 1.29 is 23.5 Å². The Morgan fingerprint density at radius 3 is 2.51 bits per heavy atom. The van der Waals surface area contributed by atoms with E-state index in [1.165, 1.54) is 53.2 Å². The molecule has 2 aromatic carbocycles. The topological polar surface area (TPSA) is 95.1 Å². The van der Waals surface area contributed by atoms with Crippen molar-refractivity contribution in [2.45, 2.75) is 6.42 Å². The second-order valence-electron chi connectivity index (χ2n) is 9.59. The van der Waals surface area contributed by atoms with Gasteiger partial charge in [0.25, 0.3) is 5.91 Å². The van der Waals surface area contributed by atoms with Crippen LogP contribution < -0.4 is 5.32 Å². The van der Waals surface area contributed by atoms with E-state index in [-0.39, 0.29) is 37.6 Å². The molecule has 1 saturated heterocycles. The van der Waals surface area contributed by atoms with E-state index in [9.17, 15) is 18.8 Å². The normalized spacial score (nSPS) is 13.9. The number of carbonyl (C=O) groups is 3. The van der Waals surface area contributed by atoms with Crippen molar-refractivity contribution >= 4 is 40.3 Å². The maximum absolute atomic E-state index is 13.3. The smallest absolute Gasteiger partial charge is 0.254 e. The number of benzene rings is 2. The molecule has 0 unspecified atom stereocenters. The summed E-state index contributed by atoms with van der Waals surface area (Å²) in [7, 11) is 1.50. The van der Waals surface area contributed by atoms with E-state index in [1.54, 1.807) is 5.38 Å². The van der Waals surface area contributed by atoms with Gasteiger partial charge in [0.2, 0.25) is 11.8 Å². The molecule has 0 aliphatic carbocycles. The maximum Gasteiger partial charge on any atom is 0.254 e. The fourth-order valence-electron chi connectivity index (χ4n) is 4.36. The monoisotopic (exact) mass is 579 g/mol. The molecule has 1 fully saturated rings. The number of thiazole rings is 1. The van der Waals surface area contributed by atoms with Crippen molar-refractivity contribution in [1.29, 1.82) is 0 Å². The Morgan fingerprint density at radius 1 is 1.07 bits per heavy atom. The number of amides is 3. The molecule has 0 bridgehead atoms. The molecule has 0 radical (unpaired) electrons. The van der Waals surface area contributed by atoms with Crippen LogP contribution in [0.4, 0.5) is 9.52 Å². The maximum atomic E-state index is 13.3. The van der Waals surface area contributed by atoms with Crippen molar-refractivity contribution in [2.24, 2.45) is 0 Å². The number of hydrogen-bond acceptors (Lipinski definition) is 7. The molecule has 4 rings (SSSR count). The Bertz CT molecular complexity index is 1320. The van der Waals surface area contributed by atoms with Crippen molar-refractivity contribution in [3.63, 3.8) is 0 Å². The third kappa shape index (κ3) is 9.31. The number of halogens is 1. The van der Waals surface area contributed by atoms with Crippen LogP contribution in [-0.2, 0) is 20.7 Å². The highest BCUT2D eigenvalue weighted by atomic mass is 32.1. The summed E-state index contributed by atoms with van der Waals surface area (Å²) in [5.41, 5.74) is 2.03. The van der Waals surface area contributed by atoms with E-state index in [2.05, 4.69) is 39.5 Å². The number of aromatic nitrogens is 1. The molecule has 216 valence electrons. The zero-order valence-electron chi connectivity index (χ0n) is 23.0. The van der Waals surface area contributed by atoms with Gasteiger partial charge in [-0.25, -0.2) is 9.37 Å². The third-order valence-electron chi connectivity index (χ3n) is 6.61. The fourth-order valence-corrected chi connectivity index (χ4v) is 5.08. The lowest BCUT2D eigenvalue weighted by molar-refractivity contribution is -0.132. The van der Waals surface area contributed by atoms with E-state index in [0.29, 0.717) is 23.9 Å².